The lowest BCUT2D eigenvalue weighted by molar-refractivity contribution is -0.384. The molecule has 2 aromatic rings. The van der Waals surface area contributed by atoms with Crippen LogP contribution in [0.3, 0.4) is 0 Å². The number of nitro benzene ring substituents is 1. The topological polar surface area (TPSA) is 75.5 Å². The number of hydrogen-bond donors (Lipinski definition) is 1. The van der Waals surface area contributed by atoms with E-state index in [-0.39, 0.29) is 40.4 Å². The Hall–Kier alpha value is -3.15. The van der Waals surface area contributed by atoms with Gasteiger partial charge >= 0.3 is 0 Å². The van der Waals surface area contributed by atoms with E-state index in [1.54, 1.807) is 12.1 Å². The van der Waals surface area contributed by atoms with Crippen LogP contribution in [-0.2, 0) is 0 Å². The summed E-state index contributed by atoms with van der Waals surface area (Å²) in [5.41, 5.74) is 3.95. The van der Waals surface area contributed by atoms with Gasteiger partial charge in [0.2, 0.25) is 0 Å². The van der Waals surface area contributed by atoms with E-state index in [2.05, 4.69) is 30.5 Å². The summed E-state index contributed by atoms with van der Waals surface area (Å²) in [6.07, 6.45) is 8.65. The summed E-state index contributed by atoms with van der Waals surface area (Å²) in [4.78, 5) is 26.1. The van der Waals surface area contributed by atoms with Gasteiger partial charge in [0.15, 0.2) is 0 Å². The first kappa shape index (κ1) is 19.8. The number of nitrogens with zero attached hydrogens (tertiary/aromatic N) is 2. The number of benzene rings is 2. The second kappa shape index (κ2) is 7.84. The van der Waals surface area contributed by atoms with Gasteiger partial charge in [-0.2, -0.15) is 0 Å². The molecule has 0 radical (unpaired) electrons. The maximum Gasteiger partial charge on any atom is 0.269 e. The number of likely N-dealkylation sites (tertiary alicyclic amines) is 1. The van der Waals surface area contributed by atoms with Crippen LogP contribution in [0.2, 0.25) is 0 Å². The molecule has 0 saturated carbocycles. The van der Waals surface area contributed by atoms with Crippen LogP contribution in [0.5, 0.6) is 0 Å². The molecule has 1 amide bonds. The molecule has 0 unspecified atom stereocenters. The maximum absolute atomic E-state index is 13.2. The van der Waals surface area contributed by atoms with Gasteiger partial charge < -0.3 is 10.2 Å². The minimum atomic E-state index is -0.343. The quantitative estimate of drug-likeness (QED) is 0.410. The van der Waals surface area contributed by atoms with E-state index in [1.165, 1.54) is 12.5 Å². The molecule has 0 aromatic heterocycles. The SMILES string of the molecule is C[C@H]1CCCCN1C(=O)c1ccc2c(c1)[C@H]1C=CC[C@H]1[C@H](c1cccc([N+](=O)[O-])c1)N2. The van der Waals surface area contributed by atoms with Crippen molar-refractivity contribution in [2.24, 2.45) is 5.92 Å². The molecule has 31 heavy (non-hydrogen) atoms. The number of nitrogens with one attached hydrogen (secondary N) is 1. The average Bonchev–Trinajstić information content (AvgIpc) is 3.28. The van der Waals surface area contributed by atoms with Gasteiger partial charge in [-0.05, 0) is 67.9 Å². The van der Waals surface area contributed by atoms with Crippen molar-refractivity contribution in [1.82, 2.24) is 4.90 Å². The van der Waals surface area contributed by atoms with Crippen LogP contribution >= 0.6 is 0 Å². The van der Waals surface area contributed by atoms with Crippen LogP contribution in [0.25, 0.3) is 0 Å². The second-order valence-electron chi connectivity index (χ2n) is 8.97. The maximum atomic E-state index is 13.2. The van der Waals surface area contributed by atoms with E-state index in [1.807, 2.05) is 23.1 Å². The molecular formula is C25H27N3O3. The molecule has 4 atom stereocenters. The number of hydrogen-bond acceptors (Lipinski definition) is 4. The lowest BCUT2D eigenvalue weighted by Gasteiger charge is -2.38. The number of nitro groups is 1. The van der Waals surface area contributed by atoms with Gasteiger partial charge in [-0.25, -0.2) is 0 Å². The van der Waals surface area contributed by atoms with Gasteiger partial charge in [0, 0.05) is 41.9 Å². The molecule has 0 bridgehead atoms. The fraction of sp³-hybridized carbons (Fsp3) is 0.400. The Balaban J connectivity index is 1.47. The number of rotatable bonds is 3. The highest BCUT2D eigenvalue weighted by Gasteiger charge is 2.38. The Morgan fingerprint density at radius 2 is 2.06 bits per heavy atom. The predicted octanol–water partition coefficient (Wildman–Crippen LogP) is 5.44. The third-order valence-electron chi connectivity index (χ3n) is 7.11. The summed E-state index contributed by atoms with van der Waals surface area (Å²) in [5, 5.41) is 14.9. The minimum absolute atomic E-state index is 0.00364. The van der Waals surface area contributed by atoms with Gasteiger partial charge in [-0.3, -0.25) is 14.9 Å². The largest absolute Gasteiger partial charge is 0.378 e. The van der Waals surface area contributed by atoms with Crippen molar-refractivity contribution in [2.45, 2.75) is 50.6 Å². The first-order valence-corrected chi connectivity index (χ1v) is 11.2. The molecule has 1 N–H and O–H groups in total. The zero-order chi connectivity index (χ0) is 21.5. The molecule has 2 aromatic carbocycles. The number of piperidine rings is 1. The standard InChI is InChI=1S/C25H27N3O3/c1-16-6-2-3-13-27(16)25(29)18-11-12-23-22(15-18)20-9-5-10-21(20)24(26-23)17-7-4-8-19(14-17)28(30)31/h4-5,7-9,11-12,14-16,20-21,24,26H,2-3,6,10,13H2,1H3/t16-,20-,21+,24-/m0/s1. The van der Waals surface area contributed by atoms with Crippen LogP contribution in [0, 0.1) is 16.0 Å². The van der Waals surface area contributed by atoms with Crippen molar-refractivity contribution in [1.29, 1.82) is 0 Å². The highest BCUT2D eigenvalue weighted by molar-refractivity contribution is 5.95. The normalized spacial score (nSPS) is 26.7. The van der Waals surface area contributed by atoms with Crippen LogP contribution in [0.1, 0.15) is 66.1 Å². The van der Waals surface area contributed by atoms with Crippen LogP contribution in [0.4, 0.5) is 11.4 Å². The zero-order valence-electron chi connectivity index (χ0n) is 17.7. The molecule has 6 nitrogen and oxygen atoms in total. The van der Waals surface area contributed by atoms with Gasteiger partial charge in [0.25, 0.3) is 11.6 Å². The molecule has 2 heterocycles. The Labute approximate surface area is 182 Å². The fourth-order valence-corrected chi connectivity index (χ4v) is 5.45. The van der Waals surface area contributed by atoms with E-state index in [9.17, 15) is 14.9 Å². The van der Waals surface area contributed by atoms with E-state index < -0.39 is 0 Å². The highest BCUT2D eigenvalue weighted by atomic mass is 16.6. The van der Waals surface area contributed by atoms with Gasteiger partial charge in [0.1, 0.15) is 0 Å². The van der Waals surface area contributed by atoms with Gasteiger partial charge in [-0.15, -0.1) is 0 Å². The number of fused-ring (bicyclic) bond motifs is 3. The second-order valence-corrected chi connectivity index (χ2v) is 8.97. The molecular weight excluding hydrogens is 390 g/mol. The first-order valence-electron chi connectivity index (χ1n) is 11.2. The number of carbonyl (C=O) groups excluding carboxylic acids is 1. The molecule has 1 saturated heterocycles. The lowest BCUT2D eigenvalue weighted by Crippen LogP contribution is -2.42. The van der Waals surface area contributed by atoms with Gasteiger partial charge in [-0.1, -0.05) is 24.3 Å². The molecule has 6 heteroatoms. The van der Waals surface area contributed by atoms with Crippen LogP contribution in [0.15, 0.2) is 54.6 Å². The van der Waals surface area contributed by atoms with Gasteiger partial charge in [0.05, 0.1) is 11.0 Å². The summed E-state index contributed by atoms with van der Waals surface area (Å²) in [5.74, 6) is 0.593. The summed E-state index contributed by atoms with van der Waals surface area (Å²) < 4.78 is 0. The summed E-state index contributed by atoms with van der Waals surface area (Å²) in [6, 6.07) is 13.2. The lowest BCUT2D eigenvalue weighted by atomic mass is 9.76. The van der Waals surface area contributed by atoms with Crippen molar-refractivity contribution in [2.75, 3.05) is 11.9 Å². The highest BCUT2D eigenvalue weighted by Crippen LogP contribution is 2.50. The zero-order valence-corrected chi connectivity index (χ0v) is 17.7. The molecule has 160 valence electrons. The van der Waals surface area contributed by atoms with Crippen molar-refractivity contribution in [3.63, 3.8) is 0 Å². The van der Waals surface area contributed by atoms with E-state index in [0.717, 1.165) is 48.2 Å². The van der Waals surface area contributed by atoms with E-state index >= 15 is 0 Å². The van der Waals surface area contributed by atoms with Crippen LogP contribution < -0.4 is 5.32 Å². The number of anilines is 1. The number of allylic oxidation sites excluding steroid dienone is 2. The number of carbonyl (C=O) groups is 1. The molecule has 1 aliphatic carbocycles. The van der Waals surface area contributed by atoms with E-state index in [0.29, 0.717) is 0 Å². The number of non-ortho nitro benzene ring substituents is 1. The van der Waals surface area contributed by atoms with Crippen molar-refractivity contribution in [3.05, 3.63) is 81.4 Å². The van der Waals surface area contributed by atoms with Crippen LogP contribution in [-0.4, -0.2) is 28.3 Å². The Kier molecular flexibility index (Phi) is 5.00. The molecule has 5 rings (SSSR count). The molecule has 1 fully saturated rings. The molecule has 2 aliphatic heterocycles. The average molecular weight is 418 g/mol. The summed E-state index contributed by atoms with van der Waals surface area (Å²) in [6.45, 7) is 2.96. The third kappa shape index (κ3) is 3.50. The summed E-state index contributed by atoms with van der Waals surface area (Å²) >= 11 is 0. The third-order valence-corrected chi connectivity index (χ3v) is 7.11. The monoisotopic (exact) mass is 417 g/mol. The Morgan fingerprint density at radius 1 is 1.19 bits per heavy atom. The number of amides is 1. The van der Waals surface area contributed by atoms with Crippen molar-refractivity contribution < 1.29 is 9.72 Å². The fourth-order valence-electron chi connectivity index (χ4n) is 5.45. The Bertz CT molecular complexity index is 1060. The first-order chi connectivity index (χ1) is 15.0. The molecule has 0 spiro atoms. The van der Waals surface area contributed by atoms with Crippen molar-refractivity contribution >= 4 is 17.3 Å². The summed E-state index contributed by atoms with van der Waals surface area (Å²) in [7, 11) is 0. The smallest absolute Gasteiger partial charge is 0.269 e. The Morgan fingerprint density at radius 3 is 2.87 bits per heavy atom. The molecule has 3 aliphatic rings. The predicted molar refractivity (Wildman–Crippen MR) is 120 cm³/mol. The van der Waals surface area contributed by atoms with Crippen molar-refractivity contribution in [3.8, 4) is 0 Å². The minimum Gasteiger partial charge on any atom is -0.378 e. The van der Waals surface area contributed by atoms with E-state index in [4.69, 9.17) is 0 Å².